The van der Waals surface area contributed by atoms with Crippen molar-refractivity contribution in [2.75, 3.05) is 25.2 Å². The number of hydrogen-bond donors (Lipinski definition) is 1. The molecule has 30 heavy (non-hydrogen) atoms. The van der Waals surface area contributed by atoms with Gasteiger partial charge in [0, 0.05) is 13.2 Å². The summed E-state index contributed by atoms with van der Waals surface area (Å²) in [6.07, 6.45) is 0.496. The van der Waals surface area contributed by atoms with Gasteiger partial charge in [0.1, 0.15) is 0 Å². The third-order valence-electron chi connectivity index (χ3n) is 5.20. The van der Waals surface area contributed by atoms with Gasteiger partial charge >= 0.3 is 0 Å². The van der Waals surface area contributed by atoms with Crippen LogP contribution in [0.1, 0.15) is 35.4 Å². The summed E-state index contributed by atoms with van der Waals surface area (Å²) in [4.78, 5) is 18.9. The van der Waals surface area contributed by atoms with Crippen molar-refractivity contribution in [1.82, 2.24) is 20.1 Å². The molecule has 1 aliphatic rings. The highest BCUT2D eigenvalue weighted by Gasteiger charge is 2.32. The van der Waals surface area contributed by atoms with E-state index in [2.05, 4.69) is 10.4 Å². The van der Waals surface area contributed by atoms with Crippen LogP contribution >= 0.6 is 11.3 Å². The van der Waals surface area contributed by atoms with Crippen molar-refractivity contribution in [3.63, 3.8) is 0 Å². The number of hydrogen-bond acceptors (Lipinski definition) is 7. The SMILES string of the molecule is COC[C@H](C)NC(=O)c1cc(-c2cccs2)nc2c1c(C)nn2[C@@H]1CCS(=O)(=O)C1. The summed E-state index contributed by atoms with van der Waals surface area (Å²) in [7, 11) is -1.50. The number of nitrogens with one attached hydrogen (secondary N) is 1. The molecule has 1 saturated heterocycles. The van der Waals surface area contributed by atoms with Gasteiger partial charge in [-0.1, -0.05) is 6.07 Å². The highest BCUT2D eigenvalue weighted by molar-refractivity contribution is 7.91. The van der Waals surface area contributed by atoms with E-state index in [9.17, 15) is 13.2 Å². The third kappa shape index (κ3) is 3.99. The first-order chi connectivity index (χ1) is 14.3. The van der Waals surface area contributed by atoms with Gasteiger partial charge in [-0.3, -0.25) is 4.79 Å². The summed E-state index contributed by atoms with van der Waals surface area (Å²) < 4.78 is 30.9. The van der Waals surface area contributed by atoms with Crippen molar-refractivity contribution in [2.45, 2.75) is 32.4 Å². The fourth-order valence-electron chi connectivity index (χ4n) is 3.86. The van der Waals surface area contributed by atoms with Crippen LogP contribution in [0.2, 0.25) is 0 Å². The van der Waals surface area contributed by atoms with Crippen molar-refractivity contribution in [1.29, 1.82) is 0 Å². The van der Waals surface area contributed by atoms with Crippen LogP contribution < -0.4 is 5.32 Å². The summed E-state index contributed by atoms with van der Waals surface area (Å²) in [6, 6.07) is 5.22. The van der Waals surface area contributed by atoms with Crippen molar-refractivity contribution in [3.8, 4) is 10.6 Å². The molecular formula is C20H24N4O4S2. The number of fused-ring (bicyclic) bond motifs is 1. The Balaban J connectivity index is 1.87. The average Bonchev–Trinajstić information content (AvgIpc) is 3.40. The van der Waals surface area contributed by atoms with E-state index in [0.717, 1.165) is 4.88 Å². The average molecular weight is 449 g/mol. The normalized spacial score (nSPS) is 19.2. The van der Waals surface area contributed by atoms with Gasteiger partial charge in [-0.15, -0.1) is 11.3 Å². The molecule has 8 nitrogen and oxygen atoms in total. The molecule has 1 amide bonds. The zero-order chi connectivity index (χ0) is 21.5. The number of carbonyl (C=O) groups is 1. The van der Waals surface area contributed by atoms with E-state index in [1.807, 2.05) is 31.4 Å². The number of rotatable bonds is 6. The molecule has 4 heterocycles. The zero-order valence-electron chi connectivity index (χ0n) is 17.1. The molecule has 0 saturated carbocycles. The number of aromatic nitrogens is 3. The van der Waals surface area contributed by atoms with Crippen molar-refractivity contribution in [3.05, 3.63) is 34.8 Å². The van der Waals surface area contributed by atoms with Gasteiger partial charge in [0.2, 0.25) is 0 Å². The number of sulfone groups is 1. The number of carbonyl (C=O) groups excluding carboxylic acids is 1. The lowest BCUT2D eigenvalue weighted by atomic mass is 10.1. The summed E-state index contributed by atoms with van der Waals surface area (Å²) in [5, 5.41) is 10.2. The second kappa shape index (κ2) is 8.09. The summed E-state index contributed by atoms with van der Waals surface area (Å²) >= 11 is 1.53. The number of thiophene rings is 1. The summed E-state index contributed by atoms with van der Waals surface area (Å²) in [5.74, 6) is -0.0445. The van der Waals surface area contributed by atoms with E-state index in [0.29, 0.717) is 41.0 Å². The number of methoxy groups -OCH3 is 1. The molecule has 0 aromatic carbocycles. The molecule has 1 aliphatic heterocycles. The molecule has 0 radical (unpaired) electrons. The van der Waals surface area contributed by atoms with Crippen LogP contribution in [0.3, 0.4) is 0 Å². The van der Waals surface area contributed by atoms with Gasteiger partial charge in [0.05, 0.1) is 51.4 Å². The number of aryl methyl sites for hydroxylation is 1. The van der Waals surface area contributed by atoms with E-state index in [1.54, 1.807) is 17.9 Å². The lowest BCUT2D eigenvalue weighted by Gasteiger charge is -2.15. The van der Waals surface area contributed by atoms with E-state index < -0.39 is 9.84 Å². The van der Waals surface area contributed by atoms with Crippen LogP contribution in [0.4, 0.5) is 0 Å². The number of nitrogens with zero attached hydrogens (tertiary/aromatic N) is 3. The molecule has 10 heteroatoms. The van der Waals surface area contributed by atoms with E-state index in [4.69, 9.17) is 9.72 Å². The highest BCUT2D eigenvalue weighted by atomic mass is 32.2. The van der Waals surface area contributed by atoms with Crippen LogP contribution in [-0.4, -0.2) is 60.4 Å². The smallest absolute Gasteiger partial charge is 0.252 e. The lowest BCUT2D eigenvalue weighted by Crippen LogP contribution is -2.35. The fraction of sp³-hybridized carbons (Fsp3) is 0.450. The molecule has 0 aliphatic carbocycles. The predicted octanol–water partition coefficient (Wildman–Crippen LogP) is 2.59. The predicted molar refractivity (Wildman–Crippen MR) is 117 cm³/mol. The largest absolute Gasteiger partial charge is 0.383 e. The van der Waals surface area contributed by atoms with E-state index in [1.165, 1.54) is 11.3 Å². The second-order valence-corrected chi connectivity index (χ2v) is 10.8. The summed E-state index contributed by atoms with van der Waals surface area (Å²) in [5.41, 5.74) is 2.36. The van der Waals surface area contributed by atoms with Crippen molar-refractivity contribution < 1.29 is 17.9 Å². The molecule has 1 fully saturated rings. The number of pyridine rings is 1. The first kappa shape index (κ1) is 21.0. The maximum atomic E-state index is 13.1. The number of ether oxygens (including phenoxy) is 1. The Morgan fingerprint density at radius 3 is 2.90 bits per heavy atom. The first-order valence-electron chi connectivity index (χ1n) is 9.73. The van der Waals surface area contributed by atoms with Crippen LogP contribution in [-0.2, 0) is 14.6 Å². The fourth-order valence-corrected chi connectivity index (χ4v) is 6.24. The molecule has 0 unspecified atom stereocenters. The number of amides is 1. The van der Waals surface area contributed by atoms with Gasteiger partial charge in [0.25, 0.3) is 5.91 Å². The maximum Gasteiger partial charge on any atom is 0.252 e. The van der Waals surface area contributed by atoms with Crippen LogP contribution in [0, 0.1) is 6.92 Å². The Labute approximate surface area is 179 Å². The molecule has 0 spiro atoms. The second-order valence-electron chi connectivity index (χ2n) is 7.65. The van der Waals surface area contributed by atoms with Gasteiger partial charge in [-0.2, -0.15) is 5.10 Å². The van der Waals surface area contributed by atoms with Gasteiger partial charge in [0.15, 0.2) is 15.5 Å². The van der Waals surface area contributed by atoms with Gasteiger partial charge in [-0.05, 0) is 37.8 Å². The zero-order valence-corrected chi connectivity index (χ0v) is 18.7. The van der Waals surface area contributed by atoms with E-state index >= 15 is 0 Å². The molecular weight excluding hydrogens is 424 g/mol. The third-order valence-corrected chi connectivity index (χ3v) is 7.85. The Kier molecular flexibility index (Phi) is 5.65. The first-order valence-corrected chi connectivity index (χ1v) is 12.4. The minimum absolute atomic E-state index is 0.0422. The Morgan fingerprint density at radius 2 is 2.27 bits per heavy atom. The lowest BCUT2D eigenvalue weighted by molar-refractivity contribution is 0.0907. The molecule has 1 N–H and O–H groups in total. The van der Waals surface area contributed by atoms with Crippen molar-refractivity contribution in [2.24, 2.45) is 0 Å². The quantitative estimate of drug-likeness (QED) is 0.622. The van der Waals surface area contributed by atoms with Crippen LogP contribution in [0.5, 0.6) is 0 Å². The topological polar surface area (TPSA) is 103 Å². The Bertz CT molecular complexity index is 1190. The highest BCUT2D eigenvalue weighted by Crippen LogP contribution is 2.33. The standard InChI is InChI=1S/C20H24N4O4S2/c1-12(10-28-3)21-20(25)15-9-16(17-5-4-7-29-17)22-19-18(15)13(2)23-24(19)14-6-8-30(26,27)11-14/h4-5,7,9,12,14H,6,8,10-11H2,1-3H3,(H,21,25)/t12-,14+/m0/s1. The molecule has 2 atom stereocenters. The van der Waals surface area contributed by atoms with Gasteiger partial charge < -0.3 is 10.1 Å². The Morgan fingerprint density at radius 1 is 1.47 bits per heavy atom. The molecule has 0 bridgehead atoms. The minimum atomic E-state index is -3.08. The molecule has 4 rings (SSSR count). The van der Waals surface area contributed by atoms with Crippen LogP contribution in [0.15, 0.2) is 23.6 Å². The summed E-state index contributed by atoms with van der Waals surface area (Å²) in [6.45, 7) is 4.10. The maximum absolute atomic E-state index is 13.1. The monoisotopic (exact) mass is 448 g/mol. The minimum Gasteiger partial charge on any atom is -0.383 e. The van der Waals surface area contributed by atoms with Gasteiger partial charge in [-0.25, -0.2) is 18.1 Å². The van der Waals surface area contributed by atoms with Crippen LogP contribution in [0.25, 0.3) is 21.6 Å². The Hall–Kier alpha value is -2.30. The van der Waals surface area contributed by atoms with E-state index in [-0.39, 0.29) is 29.5 Å². The molecule has 3 aromatic rings. The molecule has 160 valence electrons. The van der Waals surface area contributed by atoms with Crippen molar-refractivity contribution >= 4 is 38.1 Å². The molecule has 3 aromatic heterocycles.